The minimum atomic E-state index is 0.216. The van der Waals surface area contributed by atoms with Crippen LogP contribution < -0.4 is 10.2 Å². The van der Waals surface area contributed by atoms with Crippen LogP contribution in [-0.2, 0) is 11.3 Å². The van der Waals surface area contributed by atoms with E-state index in [1.54, 1.807) is 0 Å². The fourth-order valence-electron chi connectivity index (χ4n) is 3.04. The molecule has 2 aromatic rings. The number of nitrogens with zero attached hydrogens (tertiary/aromatic N) is 3. The summed E-state index contributed by atoms with van der Waals surface area (Å²) in [4.78, 5) is 11.5. The van der Waals surface area contributed by atoms with Crippen LogP contribution in [0.1, 0.15) is 30.7 Å². The molecule has 1 fully saturated rings. The van der Waals surface area contributed by atoms with Gasteiger partial charge in [-0.1, -0.05) is 29.8 Å². The highest BCUT2D eigenvalue weighted by molar-refractivity contribution is 5.45. The molecule has 128 valence electrons. The lowest BCUT2D eigenvalue weighted by Crippen LogP contribution is -2.46. The third kappa shape index (κ3) is 4.23. The van der Waals surface area contributed by atoms with E-state index < -0.39 is 0 Å². The first kappa shape index (κ1) is 16.7. The van der Waals surface area contributed by atoms with E-state index in [0.717, 1.165) is 31.1 Å². The minimum absolute atomic E-state index is 0.216. The van der Waals surface area contributed by atoms with Gasteiger partial charge in [0.1, 0.15) is 5.82 Å². The summed E-state index contributed by atoms with van der Waals surface area (Å²) in [5, 5.41) is 3.34. The molecule has 0 amide bonds. The summed E-state index contributed by atoms with van der Waals surface area (Å²) in [6.07, 6.45) is 0.431. The highest BCUT2D eigenvalue weighted by Crippen LogP contribution is 2.20. The summed E-state index contributed by atoms with van der Waals surface area (Å²) < 4.78 is 5.81. The van der Waals surface area contributed by atoms with Crippen LogP contribution in [0, 0.1) is 13.8 Å². The second-order valence-electron chi connectivity index (χ2n) is 6.69. The lowest BCUT2D eigenvalue weighted by molar-refractivity contribution is -0.00546. The molecular formula is C19H26N4O. The number of ether oxygens (including phenoxy) is 1. The van der Waals surface area contributed by atoms with Crippen LogP contribution >= 0.6 is 0 Å². The summed E-state index contributed by atoms with van der Waals surface area (Å²) in [6, 6.07) is 10.5. The summed E-state index contributed by atoms with van der Waals surface area (Å²) in [5.41, 5.74) is 3.46. The van der Waals surface area contributed by atoms with Gasteiger partial charge < -0.3 is 15.0 Å². The normalized spacial score (nSPS) is 20.9. The molecule has 1 aromatic carbocycles. The Labute approximate surface area is 144 Å². The zero-order valence-corrected chi connectivity index (χ0v) is 14.9. The zero-order valence-electron chi connectivity index (χ0n) is 14.9. The molecule has 1 N–H and O–H groups in total. The fourth-order valence-corrected chi connectivity index (χ4v) is 3.04. The molecule has 3 rings (SSSR count). The molecule has 1 aromatic heterocycles. The smallest absolute Gasteiger partial charge is 0.225 e. The summed E-state index contributed by atoms with van der Waals surface area (Å²) in [6.45, 7) is 10.8. The SMILES string of the molecule is Cc1ccc(CNc2nc(C)cc(N3C[C@@H](C)O[C@@H](C)C3)n2)cc1. The van der Waals surface area contributed by atoms with Gasteiger partial charge in [0.15, 0.2) is 0 Å². The molecular weight excluding hydrogens is 300 g/mol. The predicted octanol–water partition coefficient (Wildman–Crippen LogP) is 3.32. The van der Waals surface area contributed by atoms with Crippen LogP contribution in [0.3, 0.4) is 0 Å². The van der Waals surface area contributed by atoms with E-state index in [0.29, 0.717) is 5.95 Å². The number of aromatic nitrogens is 2. The average molecular weight is 326 g/mol. The molecule has 2 atom stereocenters. The lowest BCUT2D eigenvalue weighted by Gasteiger charge is -2.36. The molecule has 0 unspecified atom stereocenters. The first-order chi connectivity index (χ1) is 11.5. The molecule has 0 radical (unpaired) electrons. The second kappa shape index (κ2) is 7.18. The molecule has 1 aliphatic heterocycles. The summed E-state index contributed by atoms with van der Waals surface area (Å²) >= 11 is 0. The molecule has 0 bridgehead atoms. The molecule has 1 saturated heterocycles. The third-order valence-corrected chi connectivity index (χ3v) is 4.16. The van der Waals surface area contributed by atoms with Crippen molar-refractivity contribution < 1.29 is 4.74 Å². The van der Waals surface area contributed by atoms with Crippen molar-refractivity contribution >= 4 is 11.8 Å². The van der Waals surface area contributed by atoms with Crippen LogP contribution in [0.4, 0.5) is 11.8 Å². The van der Waals surface area contributed by atoms with E-state index in [4.69, 9.17) is 9.72 Å². The van der Waals surface area contributed by atoms with Gasteiger partial charge in [0.2, 0.25) is 5.95 Å². The van der Waals surface area contributed by atoms with E-state index >= 15 is 0 Å². The molecule has 5 heteroatoms. The van der Waals surface area contributed by atoms with Gasteiger partial charge in [-0.2, -0.15) is 4.98 Å². The van der Waals surface area contributed by atoms with Crippen LogP contribution in [0.25, 0.3) is 0 Å². The number of rotatable bonds is 4. The van der Waals surface area contributed by atoms with Gasteiger partial charge in [0.05, 0.1) is 12.2 Å². The number of anilines is 2. The van der Waals surface area contributed by atoms with Crippen molar-refractivity contribution in [2.75, 3.05) is 23.3 Å². The number of benzene rings is 1. The fraction of sp³-hybridized carbons (Fsp3) is 0.474. The Morgan fingerprint density at radius 2 is 1.75 bits per heavy atom. The molecule has 0 aliphatic carbocycles. The Hall–Kier alpha value is -2.14. The number of nitrogens with one attached hydrogen (secondary N) is 1. The van der Waals surface area contributed by atoms with Crippen LogP contribution in [0.15, 0.2) is 30.3 Å². The Balaban J connectivity index is 1.72. The third-order valence-electron chi connectivity index (χ3n) is 4.16. The van der Waals surface area contributed by atoms with Crippen molar-refractivity contribution in [2.24, 2.45) is 0 Å². The largest absolute Gasteiger partial charge is 0.372 e. The average Bonchev–Trinajstić information content (AvgIpc) is 2.53. The molecule has 2 heterocycles. The number of morpholine rings is 1. The molecule has 5 nitrogen and oxygen atoms in total. The van der Waals surface area contributed by atoms with E-state index in [9.17, 15) is 0 Å². The molecule has 24 heavy (non-hydrogen) atoms. The Morgan fingerprint density at radius 3 is 2.42 bits per heavy atom. The van der Waals surface area contributed by atoms with E-state index in [2.05, 4.69) is 60.2 Å². The summed E-state index contributed by atoms with van der Waals surface area (Å²) in [7, 11) is 0. The first-order valence-electron chi connectivity index (χ1n) is 8.55. The predicted molar refractivity (Wildman–Crippen MR) is 97.5 cm³/mol. The quantitative estimate of drug-likeness (QED) is 0.934. The Kier molecular flexibility index (Phi) is 5.00. The zero-order chi connectivity index (χ0) is 17.1. The van der Waals surface area contributed by atoms with E-state index in [1.807, 2.05) is 13.0 Å². The molecule has 0 spiro atoms. The van der Waals surface area contributed by atoms with Gasteiger partial charge in [0, 0.05) is 31.4 Å². The molecule has 1 aliphatic rings. The van der Waals surface area contributed by atoms with Gasteiger partial charge in [-0.15, -0.1) is 0 Å². The number of hydrogen-bond donors (Lipinski definition) is 1. The minimum Gasteiger partial charge on any atom is -0.372 e. The van der Waals surface area contributed by atoms with Gasteiger partial charge in [-0.05, 0) is 33.3 Å². The van der Waals surface area contributed by atoms with Crippen LogP contribution in [0.5, 0.6) is 0 Å². The van der Waals surface area contributed by atoms with Crippen molar-refractivity contribution in [1.29, 1.82) is 0 Å². The molecule has 0 saturated carbocycles. The Morgan fingerprint density at radius 1 is 1.08 bits per heavy atom. The van der Waals surface area contributed by atoms with Crippen LogP contribution in [0.2, 0.25) is 0 Å². The maximum Gasteiger partial charge on any atom is 0.225 e. The second-order valence-corrected chi connectivity index (χ2v) is 6.69. The Bertz CT molecular complexity index is 676. The van der Waals surface area contributed by atoms with Crippen molar-refractivity contribution in [3.05, 3.63) is 47.2 Å². The summed E-state index contributed by atoms with van der Waals surface area (Å²) in [5.74, 6) is 1.65. The van der Waals surface area contributed by atoms with Gasteiger partial charge in [-0.3, -0.25) is 0 Å². The van der Waals surface area contributed by atoms with Crippen molar-refractivity contribution in [3.8, 4) is 0 Å². The number of aryl methyl sites for hydroxylation is 2. The van der Waals surface area contributed by atoms with Gasteiger partial charge >= 0.3 is 0 Å². The van der Waals surface area contributed by atoms with Gasteiger partial charge in [0.25, 0.3) is 0 Å². The first-order valence-corrected chi connectivity index (χ1v) is 8.55. The van der Waals surface area contributed by atoms with Crippen molar-refractivity contribution in [2.45, 2.75) is 46.4 Å². The van der Waals surface area contributed by atoms with Crippen LogP contribution in [-0.4, -0.2) is 35.3 Å². The highest BCUT2D eigenvalue weighted by Gasteiger charge is 2.23. The topological polar surface area (TPSA) is 50.3 Å². The van der Waals surface area contributed by atoms with Crippen molar-refractivity contribution in [3.63, 3.8) is 0 Å². The number of hydrogen-bond acceptors (Lipinski definition) is 5. The van der Waals surface area contributed by atoms with Crippen molar-refractivity contribution in [1.82, 2.24) is 9.97 Å². The maximum atomic E-state index is 5.81. The monoisotopic (exact) mass is 326 g/mol. The maximum absolute atomic E-state index is 5.81. The van der Waals surface area contributed by atoms with Gasteiger partial charge in [-0.25, -0.2) is 4.98 Å². The standard InChI is InChI=1S/C19H26N4O/c1-13-5-7-17(8-6-13)10-20-19-21-14(2)9-18(22-19)23-11-15(3)24-16(4)12-23/h5-9,15-16H,10-12H2,1-4H3,(H,20,21,22)/t15-,16+. The highest BCUT2D eigenvalue weighted by atomic mass is 16.5. The van der Waals surface area contributed by atoms with E-state index in [1.165, 1.54) is 11.1 Å². The van der Waals surface area contributed by atoms with E-state index in [-0.39, 0.29) is 12.2 Å². The lowest BCUT2D eigenvalue weighted by atomic mass is 10.1.